The van der Waals surface area contributed by atoms with Crippen molar-refractivity contribution in [3.63, 3.8) is 0 Å². The predicted molar refractivity (Wildman–Crippen MR) is 58.9 cm³/mol. The number of halogens is 1. The predicted octanol–water partition coefficient (Wildman–Crippen LogP) is 2.74. The molecule has 0 atom stereocenters. The summed E-state index contributed by atoms with van der Waals surface area (Å²) in [6.07, 6.45) is 3.80. The van der Waals surface area contributed by atoms with E-state index in [-0.39, 0.29) is 0 Å². The van der Waals surface area contributed by atoms with Crippen LogP contribution >= 0.6 is 15.9 Å². The highest BCUT2D eigenvalue weighted by Crippen LogP contribution is 2.38. The lowest BCUT2D eigenvalue weighted by Gasteiger charge is -2.13. The van der Waals surface area contributed by atoms with Gasteiger partial charge < -0.3 is 5.32 Å². The van der Waals surface area contributed by atoms with Crippen LogP contribution in [0.3, 0.4) is 0 Å². The van der Waals surface area contributed by atoms with Crippen LogP contribution in [0, 0.1) is 0 Å². The van der Waals surface area contributed by atoms with Gasteiger partial charge in [0.25, 0.3) is 0 Å². The van der Waals surface area contributed by atoms with Gasteiger partial charge in [-0.15, -0.1) is 0 Å². The van der Waals surface area contributed by atoms with Gasteiger partial charge >= 0.3 is 0 Å². The van der Waals surface area contributed by atoms with Crippen LogP contribution in [-0.2, 0) is 6.42 Å². The van der Waals surface area contributed by atoms with Crippen LogP contribution in [0.15, 0.2) is 28.7 Å². The van der Waals surface area contributed by atoms with E-state index in [0.29, 0.717) is 5.54 Å². The third-order valence-electron chi connectivity index (χ3n) is 2.84. The maximum Gasteiger partial charge on any atom is 0.0220 e. The zero-order valence-electron chi connectivity index (χ0n) is 7.81. The summed E-state index contributed by atoms with van der Waals surface area (Å²) in [5.74, 6) is 0. The van der Waals surface area contributed by atoms with Crippen LogP contribution in [0.1, 0.15) is 18.4 Å². The summed E-state index contributed by atoms with van der Waals surface area (Å²) < 4.78 is 1.16. The second kappa shape index (κ2) is 3.43. The van der Waals surface area contributed by atoms with E-state index in [4.69, 9.17) is 0 Å². The summed E-state index contributed by atoms with van der Waals surface area (Å²) in [6, 6.07) is 8.62. The lowest BCUT2D eigenvalue weighted by Crippen LogP contribution is -2.29. The highest BCUT2D eigenvalue weighted by molar-refractivity contribution is 9.10. The SMILES string of the molecule is CNC1(Cc2ccc(Br)cc2)CC1. The Labute approximate surface area is 87.7 Å². The summed E-state index contributed by atoms with van der Waals surface area (Å²) in [4.78, 5) is 0. The summed E-state index contributed by atoms with van der Waals surface area (Å²) in [5.41, 5.74) is 1.85. The van der Waals surface area contributed by atoms with E-state index in [0.717, 1.165) is 10.9 Å². The van der Waals surface area contributed by atoms with Crippen molar-refractivity contribution in [2.24, 2.45) is 0 Å². The third kappa shape index (κ3) is 2.12. The molecule has 0 amide bonds. The van der Waals surface area contributed by atoms with Crippen LogP contribution < -0.4 is 5.32 Å². The fourth-order valence-corrected chi connectivity index (χ4v) is 1.92. The Morgan fingerprint density at radius 2 is 1.92 bits per heavy atom. The molecule has 1 aromatic carbocycles. The van der Waals surface area contributed by atoms with Gasteiger partial charge in [0, 0.05) is 10.0 Å². The third-order valence-corrected chi connectivity index (χ3v) is 3.37. The zero-order valence-corrected chi connectivity index (χ0v) is 9.39. The lowest BCUT2D eigenvalue weighted by atomic mass is 10.0. The second-order valence-corrected chi connectivity index (χ2v) is 4.75. The van der Waals surface area contributed by atoms with Gasteiger partial charge in [-0.25, -0.2) is 0 Å². The van der Waals surface area contributed by atoms with Crippen LogP contribution in [0.4, 0.5) is 0 Å². The average Bonchev–Trinajstić information content (AvgIpc) is 2.90. The van der Waals surface area contributed by atoms with E-state index in [1.54, 1.807) is 0 Å². The van der Waals surface area contributed by atoms with Gasteiger partial charge in [-0.05, 0) is 44.0 Å². The largest absolute Gasteiger partial charge is 0.314 e. The maximum absolute atomic E-state index is 3.44. The van der Waals surface area contributed by atoms with Crippen molar-refractivity contribution in [2.45, 2.75) is 24.8 Å². The van der Waals surface area contributed by atoms with Gasteiger partial charge in [0.05, 0.1) is 0 Å². The van der Waals surface area contributed by atoms with Gasteiger partial charge in [-0.3, -0.25) is 0 Å². The number of benzene rings is 1. The number of hydrogen-bond acceptors (Lipinski definition) is 1. The molecule has 0 aromatic heterocycles. The smallest absolute Gasteiger partial charge is 0.0220 e. The molecular formula is C11H14BrN. The summed E-state index contributed by atoms with van der Waals surface area (Å²) in [7, 11) is 2.06. The van der Waals surface area contributed by atoms with E-state index in [1.807, 2.05) is 0 Å². The normalized spacial score (nSPS) is 18.6. The van der Waals surface area contributed by atoms with Gasteiger partial charge in [-0.2, -0.15) is 0 Å². The van der Waals surface area contributed by atoms with Crippen molar-refractivity contribution >= 4 is 15.9 Å². The van der Waals surface area contributed by atoms with Crippen molar-refractivity contribution in [2.75, 3.05) is 7.05 Å². The molecule has 0 heterocycles. The Hall–Kier alpha value is -0.340. The molecule has 1 fully saturated rings. The molecule has 0 saturated heterocycles. The quantitative estimate of drug-likeness (QED) is 0.856. The Balaban J connectivity index is 2.06. The van der Waals surface area contributed by atoms with E-state index >= 15 is 0 Å². The van der Waals surface area contributed by atoms with Crippen molar-refractivity contribution in [1.29, 1.82) is 0 Å². The van der Waals surface area contributed by atoms with Crippen LogP contribution in [0.2, 0.25) is 0 Å². The highest BCUT2D eigenvalue weighted by Gasteiger charge is 2.40. The first kappa shape index (κ1) is 9.22. The summed E-state index contributed by atoms with van der Waals surface area (Å²) in [5, 5.41) is 3.40. The van der Waals surface area contributed by atoms with Crippen molar-refractivity contribution in [3.8, 4) is 0 Å². The molecule has 2 rings (SSSR count). The minimum absolute atomic E-state index is 0.424. The molecule has 1 nitrogen and oxygen atoms in total. The number of likely N-dealkylation sites (N-methyl/N-ethyl adjacent to an activating group) is 1. The topological polar surface area (TPSA) is 12.0 Å². The molecule has 1 aromatic rings. The van der Waals surface area contributed by atoms with Crippen molar-refractivity contribution in [3.05, 3.63) is 34.3 Å². The Bertz CT molecular complexity index is 287. The Kier molecular flexibility index (Phi) is 2.43. The van der Waals surface area contributed by atoms with E-state index in [2.05, 4.69) is 52.6 Å². The summed E-state index contributed by atoms with van der Waals surface area (Å²) >= 11 is 3.44. The molecule has 0 spiro atoms. The fraction of sp³-hybridized carbons (Fsp3) is 0.455. The van der Waals surface area contributed by atoms with Crippen molar-refractivity contribution < 1.29 is 0 Å². The van der Waals surface area contributed by atoms with E-state index in [9.17, 15) is 0 Å². The lowest BCUT2D eigenvalue weighted by molar-refractivity contribution is 0.549. The summed E-state index contributed by atoms with van der Waals surface area (Å²) in [6.45, 7) is 0. The van der Waals surface area contributed by atoms with E-state index in [1.165, 1.54) is 18.4 Å². The minimum atomic E-state index is 0.424. The monoisotopic (exact) mass is 239 g/mol. The van der Waals surface area contributed by atoms with Gasteiger partial charge in [0.2, 0.25) is 0 Å². The molecule has 0 radical (unpaired) electrons. The molecule has 70 valence electrons. The molecule has 0 bridgehead atoms. The molecule has 13 heavy (non-hydrogen) atoms. The first-order valence-electron chi connectivity index (χ1n) is 4.67. The van der Waals surface area contributed by atoms with E-state index < -0.39 is 0 Å². The first-order chi connectivity index (χ1) is 6.24. The fourth-order valence-electron chi connectivity index (χ4n) is 1.66. The highest BCUT2D eigenvalue weighted by atomic mass is 79.9. The number of hydrogen-bond donors (Lipinski definition) is 1. The van der Waals surface area contributed by atoms with Gasteiger partial charge in [0.1, 0.15) is 0 Å². The standard InChI is InChI=1S/C11H14BrN/c1-13-11(6-7-11)8-9-2-4-10(12)5-3-9/h2-5,13H,6-8H2,1H3. The molecule has 0 unspecified atom stereocenters. The number of nitrogens with one attached hydrogen (secondary N) is 1. The minimum Gasteiger partial charge on any atom is -0.314 e. The van der Waals surface area contributed by atoms with Crippen LogP contribution in [-0.4, -0.2) is 12.6 Å². The first-order valence-corrected chi connectivity index (χ1v) is 5.47. The number of rotatable bonds is 3. The molecule has 2 heteroatoms. The van der Waals surface area contributed by atoms with Crippen LogP contribution in [0.5, 0.6) is 0 Å². The second-order valence-electron chi connectivity index (χ2n) is 3.83. The Morgan fingerprint density at radius 1 is 1.31 bits per heavy atom. The van der Waals surface area contributed by atoms with Gasteiger partial charge in [0.15, 0.2) is 0 Å². The van der Waals surface area contributed by atoms with Crippen LogP contribution in [0.25, 0.3) is 0 Å². The maximum atomic E-state index is 3.44. The molecule has 1 saturated carbocycles. The zero-order chi connectivity index (χ0) is 9.31. The molecule has 1 N–H and O–H groups in total. The average molecular weight is 240 g/mol. The molecule has 1 aliphatic rings. The molecule has 1 aliphatic carbocycles. The Morgan fingerprint density at radius 3 is 2.38 bits per heavy atom. The van der Waals surface area contributed by atoms with Crippen molar-refractivity contribution in [1.82, 2.24) is 5.32 Å². The molecular weight excluding hydrogens is 226 g/mol. The van der Waals surface area contributed by atoms with Gasteiger partial charge in [-0.1, -0.05) is 28.1 Å². The molecule has 0 aliphatic heterocycles.